The fourth-order valence-electron chi connectivity index (χ4n) is 4.18. The van der Waals surface area contributed by atoms with Crippen LogP contribution in [0.4, 0.5) is 17.5 Å². The SMILES string of the molecule is C.CCC(C)Nc1c(C=N)nc(N2CCN(C(N)=NC#N)CC2)nc1N[C@H](C)c1cnc2ccccc2c1. The van der Waals surface area contributed by atoms with Gasteiger partial charge in [0.2, 0.25) is 18.1 Å². The second kappa shape index (κ2) is 12.7. The maximum atomic E-state index is 8.79. The number of benzene rings is 1. The summed E-state index contributed by atoms with van der Waals surface area (Å²) >= 11 is 0. The summed E-state index contributed by atoms with van der Waals surface area (Å²) in [4.78, 5) is 21.8. The van der Waals surface area contributed by atoms with Crippen LogP contribution in [0.2, 0.25) is 0 Å². The van der Waals surface area contributed by atoms with Crippen LogP contribution in [0.3, 0.4) is 0 Å². The van der Waals surface area contributed by atoms with Gasteiger partial charge in [-0.25, -0.2) is 4.98 Å². The highest BCUT2D eigenvalue weighted by Gasteiger charge is 2.24. The number of guanidine groups is 1. The van der Waals surface area contributed by atoms with Crippen molar-refractivity contribution in [1.82, 2.24) is 19.9 Å². The molecule has 200 valence electrons. The van der Waals surface area contributed by atoms with E-state index in [1.54, 1.807) is 6.19 Å². The second-order valence-electron chi connectivity index (χ2n) is 9.10. The number of pyridine rings is 1. The van der Waals surface area contributed by atoms with Gasteiger partial charge in [-0.15, -0.1) is 4.99 Å². The van der Waals surface area contributed by atoms with Crippen molar-refractivity contribution >= 4 is 40.5 Å². The number of fused-ring (bicyclic) bond motifs is 1. The Hall–Kier alpha value is -4.46. The number of nitriles is 1. The van der Waals surface area contributed by atoms with Crippen LogP contribution < -0.4 is 21.3 Å². The minimum Gasteiger partial charge on any atom is -0.378 e. The fraction of sp³-hybridized carbons (Fsp3) is 0.407. The molecule has 0 spiro atoms. The first-order valence-corrected chi connectivity index (χ1v) is 12.5. The molecule has 1 saturated heterocycles. The van der Waals surface area contributed by atoms with Crippen LogP contribution >= 0.6 is 0 Å². The van der Waals surface area contributed by atoms with Crippen LogP contribution in [0.1, 0.15) is 51.9 Å². The molecule has 1 aromatic carbocycles. The number of aliphatic imine (C=N–C) groups is 1. The first-order chi connectivity index (χ1) is 17.9. The third-order valence-corrected chi connectivity index (χ3v) is 6.58. The summed E-state index contributed by atoms with van der Waals surface area (Å²) in [6.07, 6.45) is 5.79. The summed E-state index contributed by atoms with van der Waals surface area (Å²) in [5.41, 5.74) is 9.10. The molecule has 11 nitrogen and oxygen atoms in total. The number of rotatable bonds is 8. The smallest absolute Gasteiger partial charge is 0.228 e. The normalized spacial score (nSPS) is 15.3. The Morgan fingerprint density at radius 2 is 1.95 bits per heavy atom. The van der Waals surface area contributed by atoms with Crippen molar-refractivity contribution in [2.45, 2.75) is 46.7 Å². The predicted molar refractivity (Wildman–Crippen MR) is 155 cm³/mol. The van der Waals surface area contributed by atoms with Crippen LogP contribution in [-0.4, -0.2) is 64.2 Å². The number of para-hydroxylation sites is 1. The first-order valence-electron chi connectivity index (χ1n) is 12.5. The summed E-state index contributed by atoms with van der Waals surface area (Å²) in [6.45, 7) is 8.68. The number of anilines is 3. The van der Waals surface area contributed by atoms with E-state index >= 15 is 0 Å². The summed E-state index contributed by atoms with van der Waals surface area (Å²) in [6, 6.07) is 10.3. The molecule has 3 heterocycles. The quantitative estimate of drug-likeness (QED) is 0.198. The molecule has 1 unspecified atom stereocenters. The van der Waals surface area contributed by atoms with Gasteiger partial charge in [-0.3, -0.25) is 4.98 Å². The Morgan fingerprint density at radius 3 is 2.63 bits per heavy atom. The molecule has 38 heavy (non-hydrogen) atoms. The minimum atomic E-state index is -0.0882. The van der Waals surface area contributed by atoms with Gasteiger partial charge in [0.1, 0.15) is 11.4 Å². The van der Waals surface area contributed by atoms with Crippen LogP contribution in [0, 0.1) is 16.9 Å². The van der Waals surface area contributed by atoms with Gasteiger partial charge in [-0.05, 0) is 38.0 Å². The van der Waals surface area contributed by atoms with E-state index < -0.39 is 0 Å². The maximum Gasteiger partial charge on any atom is 0.228 e. The van der Waals surface area contributed by atoms with Crippen LogP contribution in [0.5, 0.6) is 0 Å². The molecule has 4 rings (SSSR count). The largest absolute Gasteiger partial charge is 0.378 e. The topological polar surface area (TPSA) is 155 Å². The molecular formula is C27H37N11. The number of hydrogen-bond donors (Lipinski definition) is 4. The van der Waals surface area contributed by atoms with E-state index in [0.29, 0.717) is 49.3 Å². The lowest BCUT2D eigenvalue weighted by Crippen LogP contribution is -2.51. The average molecular weight is 516 g/mol. The van der Waals surface area contributed by atoms with Gasteiger partial charge in [0.05, 0.1) is 11.6 Å². The summed E-state index contributed by atoms with van der Waals surface area (Å²) in [7, 11) is 0. The molecule has 5 N–H and O–H groups in total. The van der Waals surface area contributed by atoms with Gasteiger partial charge in [0.15, 0.2) is 5.82 Å². The van der Waals surface area contributed by atoms with Crippen molar-refractivity contribution in [3.05, 3.63) is 47.8 Å². The monoisotopic (exact) mass is 515 g/mol. The van der Waals surface area contributed by atoms with Gasteiger partial charge < -0.3 is 31.6 Å². The summed E-state index contributed by atoms with van der Waals surface area (Å²) in [5, 5.41) is 25.0. The molecular weight excluding hydrogens is 478 g/mol. The Labute approximate surface area is 224 Å². The van der Waals surface area contributed by atoms with Crippen LogP contribution in [-0.2, 0) is 0 Å². The lowest BCUT2D eigenvalue weighted by molar-refractivity contribution is 0.379. The molecule has 0 aliphatic carbocycles. The third-order valence-electron chi connectivity index (χ3n) is 6.58. The average Bonchev–Trinajstić information content (AvgIpc) is 2.93. The summed E-state index contributed by atoms with van der Waals surface area (Å²) < 4.78 is 0. The number of piperazine rings is 1. The number of nitrogens with zero attached hydrogens (tertiary/aromatic N) is 7. The molecule has 1 aliphatic heterocycles. The molecule has 1 fully saturated rings. The molecule has 2 atom stereocenters. The second-order valence-corrected chi connectivity index (χ2v) is 9.10. The number of nitrogens with two attached hydrogens (primary N) is 1. The van der Waals surface area contributed by atoms with Crippen molar-refractivity contribution < 1.29 is 0 Å². The third kappa shape index (κ3) is 6.26. The lowest BCUT2D eigenvalue weighted by Gasteiger charge is -2.35. The Morgan fingerprint density at radius 1 is 1.21 bits per heavy atom. The molecule has 1 aliphatic rings. The van der Waals surface area contributed by atoms with E-state index in [4.69, 9.17) is 26.4 Å². The fourth-order valence-corrected chi connectivity index (χ4v) is 4.18. The zero-order chi connectivity index (χ0) is 26.4. The van der Waals surface area contributed by atoms with Gasteiger partial charge in [0.25, 0.3) is 0 Å². The highest BCUT2D eigenvalue weighted by molar-refractivity contribution is 5.89. The molecule has 0 saturated carbocycles. The van der Waals surface area contributed by atoms with Gasteiger partial charge in [-0.2, -0.15) is 10.2 Å². The summed E-state index contributed by atoms with van der Waals surface area (Å²) in [5.74, 6) is 1.39. The molecule has 11 heteroatoms. The minimum absolute atomic E-state index is 0. The van der Waals surface area contributed by atoms with Crippen molar-refractivity contribution in [1.29, 1.82) is 10.7 Å². The molecule has 3 aromatic rings. The first kappa shape index (κ1) is 28.1. The van der Waals surface area contributed by atoms with Crippen molar-refractivity contribution in [3.8, 4) is 6.19 Å². The van der Waals surface area contributed by atoms with Gasteiger partial charge in [-0.1, -0.05) is 32.5 Å². The van der Waals surface area contributed by atoms with Crippen molar-refractivity contribution in [2.24, 2.45) is 10.7 Å². The van der Waals surface area contributed by atoms with E-state index in [9.17, 15) is 0 Å². The highest BCUT2D eigenvalue weighted by Crippen LogP contribution is 2.30. The Bertz CT molecular complexity index is 1320. The highest BCUT2D eigenvalue weighted by atomic mass is 15.4. The van der Waals surface area contributed by atoms with Crippen LogP contribution in [0.15, 0.2) is 41.5 Å². The van der Waals surface area contributed by atoms with E-state index in [0.717, 1.165) is 22.9 Å². The number of hydrogen-bond acceptors (Lipinski definition) is 9. The predicted octanol–water partition coefficient (Wildman–Crippen LogP) is 3.96. The number of nitrogens with one attached hydrogen (secondary N) is 3. The molecule has 0 bridgehead atoms. The number of aromatic nitrogens is 3. The lowest BCUT2D eigenvalue weighted by atomic mass is 10.1. The Kier molecular flexibility index (Phi) is 9.38. The molecule has 0 radical (unpaired) electrons. The van der Waals surface area contributed by atoms with Crippen molar-refractivity contribution in [3.63, 3.8) is 0 Å². The van der Waals surface area contributed by atoms with Gasteiger partial charge >= 0.3 is 0 Å². The zero-order valence-corrected chi connectivity index (χ0v) is 21.4. The molecule has 0 amide bonds. The van der Waals surface area contributed by atoms with Crippen molar-refractivity contribution in [2.75, 3.05) is 41.7 Å². The van der Waals surface area contributed by atoms with Crippen LogP contribution in [0.25, 0.3) is 10.9 Å². The molecule has 2 aromatic heterocycles. The van der Waals surface area contributed by atoms with E-state index in [1.165, 1.54) is 6.21 Å². The maximum absolute atomic E-state index is 8.79. The van der Waals surface area contributed by atoms with E-state index in [2.05, 4.69) is 58.4 Å². The standard InChI is InChI=1S/C26H33N11.CH4/c1-4-17(2)32-23-22(14-27)34-26(37-11-9-36(10-12-37)25(29)31-16-28)35-24(23)33-18(3)20-13-19-7-5-6-8-21(19)30-15-20;/h5-8,13-15,17-18,27,32H,4,9-12H2,1-3H3,(H2,29,31)(H,33,34,35);1H4/t17?,18-;/m1./s1. The van der Waals surface area contributed by atoms with Gasteiger partial charge in [0, 0.05) is 50.0 Å². The van der Waals surface area contributed by atoms with E-state index in [1.807, 2.05) is 29.3 Å². The van der Waals surface area contributed by atoms with E-state index in [-0.39, 0.29) is 25.5 Å². The zero-order valence-electron chi connectivity index (χ0n) is 21.4. The Balaban J connectivity index is 0.00000400.